The van der Waals surface area contributed by atoms with E-state index in [4.69, 9.17) is 18.9 Å². The van der Waals surface area contributed by atoms with Gasteiger partial charge in [-0.15, -0.1) is 0 Å². The molecule has 2 bridgehead atoms. The second-order valence-electron chi connectivity index (χ2n) is 15.4. The highest BCUT2D eigenvalue weighted by Gasteiger charge is 2.45. The Labute approximate surface area is 306 Å². The molecule has 1 heterocycles. The number of carbonyl (C=O) groups is 3. The minimum atomic E-state index is -0.730. The lowest BCUT2D eigenvalue weighted by molar-refractivity contribution is -0.152. The molecular formula is C39H68INO7. The third-order valence-electron chi connectivity index (χ3n) is 11.0. The number of carbonyl (C=O) groups excluding carboxylic acids is 3. The first-order valence-electron chi connectivity index (χ1n) is 19.8. The van der Waals surface area contributed by atoms with Gasteiger partial charge in [-0.3, -0.25) is 9.59 Å². The van der Waals surface area contributed by atoms with E-state index in [1.54, 1.807) is 0 Å². The summed E-state index contributed by atoms with van der Waals surface area (Å²) in [6.45, 7) is 8.12. The molecule has 3 saturated carbocycles. The zero-order chi connectivity index (χ0) is 34.5. The molecule has 5 atom stereocenters. The lowest BCUT2D eigenvalue weighted by Gasteiger charge is -2.40. The van der Waals surface area contributed by atoms with Crippen LogP contribution in [-0.2, 0) is 28.5 Å². The summed E-state index contributed by atoms with van der Waals surface area (Å²) in [6, 6.07) is 0. The summed E-state index contributed by atoms with van der Waals surface area (Å²) in [7, 11) is 0. The lowest BCUT2D eigenvalue weighted by atomic mass is 9.65. The van der Waals surface area contributed by atoms with Crippen LogP contribution < -0.4 is 0 Å². The molecule has 0 spiro atoms. The van der Waals surface area contributed by atoms with Gasteiger partial charge in [-0.1, -0.05) is 107 Å². The third-order valence-corrected chi connectivity index (χ3v) is 12.0. The fourth-order valence-corrected chi connectivity index (χ4v) is 9.75. The van der Waals surface area contributed by atoms with E-state index < -0.39 is 12.1 Å². The van der Waals surface area contributed by atoms with Crippen LogP contribution in [0.3, 0.4) is 0 Å². The number of nitrogens with zero attached hydrogens (tertiary/aromatic N) is 1. The topological polar surface area (TPSA) is 91.4 Å². The lowest BCUT2D eigenvalue weighted by Crippen LogP contribution is -2.33. The fourth-order valence-electron chi connectivity index (χ4n) is 8.16. The molecule has 0 aromatic rings. The number of esters is 2. The van der Waals surface area contributed by atoms with Crippen molar-refractivity contribution in [2.24, 2.45) is 23.2 Å². The minimum Gasteiger partial charge on any atom is -0.465 e. The average molecular weight is 790 g/mol. The van der Waals surface area contributed by atoms with Crippen molar-refractivity contribution in [3.63, 3.8) is 0 Å². The first-order chi connectivity index (χ1) is 23.3. The van der Waals surface area contributed by atoms with Gasteiger partial charge in [0.1, 0.15) is 19.8 Å². The summed E-state index contributed by atoms with van der Waals surface area (Å²) in [6.07, 6.45) is 23.9. The van der Waals surface area contributed by atoms with Gasteiger partial charge in [0, 0.05) is 16.9 Å². The highest BCUT2D eigenvalue weighted by molar-refractivity contribution is 14.1. The molecule has 4 aliphatic rings. The van der Waals surface area contributed by atoms with Crippen molar-refractivity contribution in [1.82, 2.24) is 4.90 Å². The number of ether oxygens (including phenoxy) is 4. The molecule has 0 aromatic heterocycles. The Balaban J connectivity index is 1.35. The highest BCUT2D eigenvalue weighted by Crippen LogP contribution is 2.54. The van der Waals surface area contributed by atoms with Crippen LogP contribution in [0.15, 0.2) is 0 Å². The third kappa shape index (κ3) is 17.2. The van der Waals surface area contributed by atoms with E-state index in [1.165, 1.54) is 83.5 Å². The number of halogens is 1. The summed E-state index contributed by atoms with van der Waals surface area (Å²) in [5, 5.41) is 0. The number of unbranched alkanes of at least 4 members (excludes halogenated alkanes) is 11. The quantitative estimate of drug-likeness (QED) is 0.0297. The van der Waals surface area contributed by atoms with Crippen molar-refractivity contribution in [1.29, 1.82) is 0 Å². The van der Waals surface area contributed by atoms with E-state index in [2.05, 4.69) is 41.3 Å². The predicted octanol–water partition coefficient (Wildman–Crippen LogP) is 9.83. The minimum absolute atomic E-state index is 0.0148. The first kappa shape index (κ1) is 41.3. The molecule has 1 saturated heterocycles. The Morgan fingerprint density at radius 1 is 0.771 bits per heavy atom. The SMILES string of the molecule is CCCCCCCCCCCCCCC(=O)OCC(COC(=O)CC12CCC(C[C@@H](I)C1)[C@H](C)C2)COC(=O)OCCCN1CCCC1. The Kier molecular flexibility index (Phi) is 20.8. The summed E-state index contributed by atoms with van der Waals surface area (Å²) in [5.41, 5.74) is 0.0148. The maximum atomic E-state index is 13.2. The number of likely N-dealkylation sites (tertiary alicyclic amines) is 1. The van der Waals surface area contributed by atoms with Crippen molar-refractivity contribution in [2.45, 2.75) is 159 Å². The van der Waals surface area contributed by atoms with Gasteiger partial charge >= 0.3 is 18.1 Å². The molecule has 0 radical (unpaired) electrons. The largest absolute Gasteiger partial charge is 0.508 e. The van der Waals surface area contributed by atoms with E-state index in [0.717, 1.165) is 70.5 Å². The van der Waals surface area contributed by atoms with Crippen LogP contribution in [0.4, 0.5) is 4.79 Å². The molecule has 0 amide bonds. The molecule has 8 nitrogen and oxygen atoms in total. The molecule has 9 heteroatoms. The zero-order valence-electron chi connectivity index (χ0n) is 30.5. The van der Waals surface area contributed by atoms with Crippen LogP contribution in [-0.4, -0.2) is 73.0 Å². The predicted molar refractivity (Wildman–Crippen MR) is 199 cm³/mol. The summed E-state index contributed by atoms with van der Waals surface area (Å²) < 4.78 is 22.7. The van der Waals surface area contributed by atoms with Gasteiger partial charge in [0.25, 0.3) is 0 Å². The molecule has 48 heavy (non-hydrogen) atoms. The smallest absolute Gasteiger partial charge is 0.465 e. The molecular weight excluding hydrogens is 721 g/mol. The zero-order valence-corrected chi connectivity index (χ0v) is 32.7. The highest BCUT2D eigenvalue weighted by atomic mass is 127. The molecule has 3 unspecified atom stereocenters. The summed E-state index contributed by atoms with van der Waals surface area (Å²) >= 11 is 2.57. The number of rotatable bonds is 25. The van der Waals surface area contributed by atoms with Crippen LogP contribution in [0.5, 0.6) is 0 Å². The standard InChI is InChI=1S/C39H68INO7/c1-3-4-5-6-7-8-9-10-11-12-13-14-18-36(42)46-29-33(31-48-38(44)45-24-17-23-41-21-15-16-22-41)30-47-37(43)28-39-20-19-34(32(2)26-39)25-35(40)27-39/h32-35H,3-31H2,1-2H3/t32-,33?,34?,35-,39?/m1/s1. The van der Waals surface area contributed by atoms with Gasteiger partial charge in [-0.2, -0.15) is 0 Å². The van der Waals surface area contributed by atoms with Crippen LogP contribution in [0.25, 0.3) is 0 Å². The van der Waals surface area contributed by atoms with Crippen molar-refractivity contribution < 1.29 is 33.3 Å². The normalized spacial score (nSPS) is 24.6. The number of hydrogen-bond acceptors (Lipinski definition) is 8. The van der Waals surface area contributed by atoms with Crippen LogP contribution in [0.1, 0.15) is 155 Å². The maximum absolute atomic E-state index is 13.2. The molecule has 1 aliphatic heterocycles. The number of hydrogen-bond donors (Lipinski definition) is 0. The van der Waals surface area contributed by atoms with E-state index >= 15 is 0 Å². The van der Waals surface area contributed by atoms with Crippen molar-refractivity contribution in [3.05, 3.63) is 0 Å². The van der Waals surface area contributed by atoms with Crippen LogP contribution in [0.2, 0.25) is 0 Å². The average Bonchev–Trinajstić information content (AvgIpc) is 3.48. The monoisotopic (exact) mass is 789 g/mol. The van der Waals surface area contributed by atoms with E-state index in [9.17, 15) is 14.4 Å². The van der Waals surface area contributed by atoms with Gasteiger partial charge in [-0.25, -0.2) is 4.79 Å². The van der Waals surface area contributed by atoms with Gasteiger partial charge in [0.05, 0.1) is 18.9 Å². The number of alkyl halides is 1. The van der Waals surface area contributed by atoms with Crippen molar-refractivity contribution in [3.8, 4) is 0 Å². The summed E-state index contributed by atoms with van der Waals surface area (Å²) in [4.78, 5) is 40.4. The van der Waals surface area contributed by atoms with Crippen molar-refractivity contribution in [2.75, 3.05) is 46.1 Å². The van der Waals surface area contributed by atoms with Crippen molar-refractivity contribution >= 4 is 40.7 Å². The fraction of sp³-hybridized carbons (Fsp3) is 0.923. The van der Waals surface area contributed by atoms with Gasteiger partial charge in [-0.05, 0) is 88.1 Å². The van der Waals surface area contributed by atoms with Crippen LogP contribution in [0, 0.1) is 23.2 Å². The second kappa shape index (κ2) is 24.2. The van der Waals surface area contributed by atoms with E-state index in [-0.39, 0.29) is 37.2 Å². The first-order valence-corrected chi connectivity index (χ1v) is 21.0. The molecule has 278 valence electrons. The molecule has 4 rings (SSSR count). The Morgan fingerprint density at radius 3 is 2.02 bits per heavy atom. The van der Waals surface area contributed by atoms with Gasteiger partial charge in [0.15, 0.2) is 0 Å². The van der Waals surface area contributed by atoms with Gasteiger partial charge < -0.3 is 23.8 Å². The van der Waals surface area contributed by atoms with E-state index in [1.807, 2.05) is 0 Å². The summed E-state index contributed by atoms with van der Waals surface area (Å²) in [5.74, 6) is 0.515. The Bertz CT molecular complexity index is 909. The van der Waals surface area contributed by atoms with Crippen LogP contribution >= 0.6 is 22.6 Å². The molecule has 3 aliphatic carbocycles. The van der Waals surface area contributed by atoms with Gasteiger partial charge in [0.2, 0.25) is 0 Å². The molecule has 4 fully saturated rings. The maximum Gasteiger partial charge on any atom is 0.508 e. The number of fused-ring (bicyclic) bond motifs is 4. The second-order valence-corrected chi connectivity index (χ2v) is 17.1. The Hall–Kier alpha value is -1.10. The molecule has 0 N–H and O–H groups in total. The molecule has 0 aromatic carbocycles. The van der Waals surface area contributed by atoms with E-state index in [0.29, 0.717) is 29.3 Å². The Morgan fingerprint density at radius 2 is 1.38 bits per heavy atom.